The topological polar surface area (TPSA) is 100 Å². The molecular weight excluding hydrogens is 372 g/mol. The number of carbonyl (C=O) groups is 3. The molecule has 7 nitrogen and oxygen atoms in total. The van der Waals surface area contributed by atoms with Crippen LogP contribution in [0.2, 0.25) is 0 Å². The second-order valence-corrected chi connectivity index (χ2v) is 8.59. The molecule has 9 heteroatoms. The van der Waals surface area contributed by atoms with Crippen LogP contribution in [0.5, 0.6) is 0 Å². The molecule has 2 aromatic heterocycles. The standard InChI is InChI=1S/C17H22N4O3S2/c1-10(14(23)21-17(2,3)4)18-13(22)8-11-9-26-16(19-11)20-15(24)12-6-5-7-25-12/h5-7,9-10H,8H2,1-4H3,(H,18,22)(H,21,23)(H,19,20,24). The largest absolute Gasteiger partial charge is 0.350 e. The Bertz CT molecular complexity index is 778. The van der Waals surface area contributed by atoms with Crippen molar-refractivity contribution in [3.8, 4) is 0 Å². The van der Waals surface area contributed by atoms with Crippen LogP contribution in [-0.4, -0.2) is 34.3 Å². The quantitative estimate of drug-likeness (QED) is 0.700. The number of nitrogens with zero attached hydrogens (tertiary/aromatic N) is 1. The van der Waals surface area contributed by atoms with Gasteiger partial charge in [-0.2, -0.15) is 0 Å². The van der Waals surface area contributed by atoms with Crippen molar-refractivity contribution in [1.82, 2.24) is 15.6 Å². The van der Waals surface area contributed by atoms with Crippen molar-refractivity contribution in [2.24, 2.45) is 0 Å². The molecule has 1 atom stereocenters. The Kier molecular flexibility index (Phi) is 6.49. The van der Waals surface area contributed by atoms with Crippen molar-refractivity contribution in [3.63, 3.8) is 0 Å². The second kappa shape index (κ2) is 8.41. The highest BCUT2D eigenvalue weighted by Gasteiger charge is 2.21. The van der Waals surface area contributed by atoms with E-state index in [1.807, 2.05) is 26.2 Å². The molecule has 2 heterocycles. The SMILES string of the molecule is CC(NC(=O)Cc1csc(NC(=O)c2cccs2)n1)C(=O)NC(C)(C)C. The first-order valence-corrected chi connectivity index (χ1v) is 9.80. The number of hydrogen-bond acceptors (Lipinski definition) is 6. The fourth-order valence-corrected chi connectivity index (χ4v) is 3.34. The van der Waals surface area contributed by atoms with Gasteiger partial charge in [0.15, 0.2) is 5.13 Å². The average Bonchev–Trinajstić information content (AvgIpc) is 3.17. The minimum atomic E-state index is -0.640. The Labute approximate surface area is 160 Å². The summed E-state index contributed by atoms with van der Waals surface area (Å²) in [6.45, 7) is 7.26. The van der Waals surface area contributed by atoms with E-state index in [1.54, 1.807) is 24.4 Å². The zero-order chi connectivity index (χ0) is 19.3. The molecule has 0 aliphatic rings. The molecule has 0 spiro atoms. The third-order valence-electron chi connectivity index (χ3n) is 3.13. The van der Waals surface area contributed by atoms with E-state index in [0.29, 0.717) is 15.7 Å². The van der Waals surface area contributed by atoms with Crippen LogP contribution in [-0.2, 0) is 16.0 Å². The summed E-state index contributed by atoms with van der Waals surface area (Å²) < 4.78 is 0. The summed E-state index contributed by atoms with van der Waals surface area (Å²) in [4.78, 5) is 40.9. The maximum Gasteiger partial charge on any atom is 0.267 e. The second-order valence-electron chi connectivity index (χ2n) is 6.78. The molecule has 1 unspecified atom stereocenters. The van der Waals surface area contributed by atoms with Gasteiger partial charge >= 0.3 is 0 Å². The molecule has 0 fully saturated rings. The summed E-state index contributed by atoms with van der Waals surface area (Å²) >= 11 is 2.60. The van der Waals surface area contributed by atoms with Gasteiger partial charge in [0.25, 0.3) is 5.91 Å². The highest BCUT2D eigenvalue weighted by molar-refractivity contribution is 7.14. The zero-order valence-electron chi connectivity index (χ0n) is 15.1. The summed E-state index contributed by atoms with van der Waals surface area (Å²) in [7, 11) is 0. The lowest BCUT2D eigenvalue weighted by Gasteiger charge is -2.23. The van der Waals surface area contributed by atoms with E-state index < -0.39 is 6.04 Å². The predicted octanol–water partition coefficient (Wildman–Crippen LogP) is 2.42. The van der Waals surface area contributed by atoms with E-state index in [2.05, 4.69) is 20.9 Å². The van der Waals surface area contributed by atoms with Crippen LogP contribution >= 0.6 is 22.7 Å². The Morgan fingerprint density at radius 2 is 1.96 bits per heavy atom. The summed E-state index contributed by atoms with van der Waals surface area (Å²) in [5.41, 5.74) is 0.179. The van der Waals surface area contributed by atoms with Crippen molar-refractivity contribution >= 4 is 45.5 Å². The first kappa shape index (κ1) is 20.1. The molecule has 0 aliphatic heterocycles. The lowest BCUT2D eigenvalue weighted by molar-refractivity contribution is -0.129. The lowest BCUT2D eigenvalue weighted by Crippen LogP contribution is -2.51. The Morgan fingerprint density at radius 3 is 2.58 bits per heavy atom. The molecule has 2 aromatic rings. The lowest BCUT2D eigenvalue weighted by atomic mass is 10.1. The van der Waals surface area contributed by atoms with E-state index in [9.17, 15) is 14.4 Å². The van der Waals surface area contributed by atoms with E-state index >= 15 is 0 Å². The number of anilines is 1. The Morgan fingerprint density at radius 1 is 1.23 bits per heavy atom. The van der Waals surface area contributed by atoms with Gasteiger partial charge in [0.2, 0.25) is 11.8 Å². The molecule has 0 aromatic carbocycles. The van der Waals surface area contributed by atoms with Crippen LogP contribution in [0.4, 0.5) is 5.13 Å². The molecule has 0 aliphatic carbocycles. The molecule has 26 heavy (non-hydrogen) atoms. The van der Waals surface area contributed by atoms with Crippen LogP contribution < -0.4 is 16.0 Å². The van der Waals surface area contributed by atoms with Gasteiger partial charge in [0, 0.05) is 10.9 Å². The van der Waals surface area contributed by atoms with E-state index in [1.165, 1.54) is 22.7 Å². The van der Waals surface area contributed by atoms with Crippen molar-refractivity contribution in [2.45, 2.75) is 45.7 Å². The molecule has 0 radical (unpaired) electrons. The predicted molar refractivity (Wildman–Crippen MR) is 104 cm³/mol. The molecule has 3 amide bonds. The summed E-state index contributed by atoms with van der Waals surface area (Å²) in [6, 6.07) is 2.89. The molecule has 2 rings (SSSR count). The van der Waals surface area contributed by atoms with E-state index in [-0.39, 0.29) is 29.7 Å². The number of aromatic nitrogens is 1. The van der Waals surface area contributed by atoms with Crippen molar-refractivity contribution in [3.05, 3.63) is 33.5 Å². The smallest absolute Gasteiger partial charge is 0.267 e. The first-order chi connectivity index (χ1) is 12.1. The molecule has 3 N–H and O–H groups in total. The summed E-state index contributed by atoms with van der Waals surface area (Å²) in [5.74, 6) is -0.770. The third-order valence-corrected chi connectivity index (χ3v) is 4.80. The van der Waals surface area contributed by atoms with Gasteiger partial charge in [-0.15, -0.1) is 22.7 Å². The van der Waals surface area contributed by atoms with Gasteiger partial charge in [-0.3, -0.25) is 19.7 Å². The number of hydrogen-bond donors (Lipinski definition) is 3. The highest BCUT2D eigenvalue weighted by Crippen LogP contribution is 2.18. The van der Waals surface area contributed by atoms with Gasteiger partial charge in [-0.25, -0.2) is 4.98 Å². The summed E-state index contributed by atoms with van der Waals surface area (Å²) in [5, 5.41) is 12.1. The van der Waals surface area contributed by atoms with Crippen molar-refractivity contribution in [1.29, 1.82) is 0 Å². The monoisotopic (exact) mass is 394 g/mol. The van der Waals surface area contributed by atoms with Gasteiger partial charge in [0.05, 0.1) is 17.0 Å². The van der Waals surface area contributed by atoms with Crippen LogP contribution in [0, 0.1) is 0 Å². The maximum atomic E-state index is 12.1. The summed E-state index contributed by atoms with van der Waals surface area (Å²) in [6.07, 6.45) is 0.0402. The molecule has 0 saturated carbocycles. The number of thiazole rings is 1. The maximum absolute atomic E-state index is 12.1. The van der Waals surface area contributed by atoms with Crippen molar-refractivity contribution in [2.75, 3.05) is 5.32 Å². The fourth-order valence-electron chi connectivity index (χ4n) is 2.01. The minimum absolute atomic E-state index is 0.0402. The number of carbonyl (C=O) groups excluding carboxylic acids is 3. The zero-order valence-corrected chi connectivity index (χ0v) is 16.7. The average molecular weight is 395 g/mol. The molecular formula is C17H22N4O3S2. The van der Waals surface area contributed by atoms with Gasteiger partial charge in [-0.05, 0) is 39.1 Å². The third kappa shape index (κ3) is 6.23. The van der Waals surface area contributed by atoms with Gasteiger partial charge in [-0.1, -0.05) is 6.07 Å². The van der Waals surface area contributed by atoms with Crippen LogP contribution in [0.15, 0.2) is 22.9 Å². The Hall–Kier alpha value is -2.26. The normalized spacial score (nSPS) is 12.3. The number of rotatable bonds is 6. The molecule has 140 valence electrons. The highest BCUT2D eigenvalue weighted by atomic mass is 32.1. The van der Waals surface area contributed by atoms with E-state index in [4.69, 9.17) is 0 Å². The number of nitrogens with one attached hydrogen (secondary N) is 3. The van der Waals surface area contributed by atoms with Gasteiger partial charge < -0.3 is 10.6 Å². The molecule has 0 bridgehead atoms. The van der Waals surface area contributed by atoms with Crippen LogP contribution in [0.3, 0.4) is 0 Å². The molecule has 0 saturated heterocycles. The fraction of sp³-hybridized carbons (Fsp3) is 0.412. The Balaban J connectivity index is 1.85. The van der Waals surface area contributed by atoms with Crippen LogP contribution in [0.1, 0.15) is 43.1 Å². The van der Waals surface area contributed by atoms with E-state index in [0.717, 1.165) is 0 Å². The number of amides is 3. The number of thiophene rings is 1. The van der Waals surface area contributed by atoms with Gasteiger partial charge in [0.1, 0.15) is 6.04 Å². The van der Waals surface area contributed by atoms with Crippen molar-refractivity contribution < 1.29 is 14.4 Å². The first-order valence-electron chi connectivity index (χ1n) is 8.05. The minimum Gasteiger partial charge on any atom is -0.350 e. The van der Waals surface area contributed by atoms with Crippen LogP contribution in [0.25, 0.3) is 0 Å².